The molecule has 0 aliphatic heterocycles. The Kier molecular flexibility index (Phi) is 7.32. The fourth-order valence-electron chi connectivity index (χ4n) is 3.29. The third-order valence-electron chi connectivity index (χ3n) is 5.07. The molecule has 1 heterocycles. The van der Waals surface area contributed by atoms with E-state index in [9.17, 15) is 14.9 Å². The van der Waals surface area contributed by atoms with Crippen molar-refractivity contribution in [1.82, 2.24) is 15.2 Å². The lowest BCUT2D eigenvalue weighted by atomic mass is 10.0. The number of thioether (sulfide) groups is 1. The van der Waals surface area contributed by atoms with Crippen molar-refractivity contribution in [2.75, 3.05) is 12.4 Å². The van der Waals surface area contributed by atoms with Crippen LogP contribution in [0.25, 0.3) is 22.5 Å². The molecule has 4 rings (SSSR count). The van der Waals surface area contributed by atoms with E-state index in [1.54, 1.807) is 6.92 Å². The van der Waals surface area contributed by atoms with Crippen molar-refractivity contribution >= 4 is 29.0 Å². The number of benzene rings is 3. The van der Waals surface area contributed by atoms with Gasteiger partial charge in [0.2, 0.25) is 11.1 Å². The van der Waals surface area contributed by atoms with Gasteiger partial charge in [-0.1, -0.05) is 72.4 Å². The molecule has 9 nitrogen and oxygen atoms in total. The summed E-state index contributed by atoms with van der Waals surface area (Å²) in [5, 5.41) is 22.2. The molecule has 0 spiro atoms. The average molecular weight is 488 g/mol. The molecule has 1 atom stereocenters. The molecule has 0 aliphatic carbocycles. The van der Waals surface area contributed by atoms with Crippen LogP contribution in [0.15, 0.2) is 84.0 Å². The highest BCUT2D eigenvalue weighted by Gasteiger charge is 2.21. The number of hydrogen-bond acceptors (Lipinski definition) is 8. The normalized spacial score (nSPS) is 11.5. The number of rotatable bonds is 8. The zero-order valence-electron chi connectivity index (χ0n) is 18.9. The molecule has 0 saturated heterocycles. The first-order valence-corrected chi connectivity index (χ1v) is 11.5. The Hall–Kier alpha value is -4.31. The second kappa shape index (κ2) is 10.7. The Morgan fingerprint density at radius 3 is 2.20 bits per heavy atom. The van der Waals surface area contributed by atoms with Crippen molar-refractivity contribution in [2.45, 2.75) is 17.3 Å². The molecular formula is C25H21N5O4S. The van der Waals surface area contributed by atoms with Crippen LogP contribution in [0, 0.1) is 10.1 Å². The van der Waals surface area contributed by atoms with Crippen LogP contribution in [0.2, 0.25) is 0 Å². The highest BCUT2D eigenvalue weighted by Crippen LogP contribution is 2.32. The quantitative estimate of drug-likeness (QED) is 0.203. The second-order valence-electron chi connectivity index (χ2n) is 7.41. The van der Waals surface area contributed by atoms with E-state index in [1.165, 1.54) is 25.3 Å². The SMILES string of the molecule is COc1cc([N+](=O)[O-])ccc1NC(=O)C(C)Sc1nnc(-c2ccccc2)c(-c2ccccc2)n1. The van der Waals surface area contributed by atoms with Crippen LogP contribution in [0.1, 0.15) is 6.92 Å². The summed E-state index contributed by atoms with van der Waals surface area (Å²) in [6.07, 6.45) is 0. The van der Waals surface area contributed by atoms with Crippen molar-refractivity contribution in [1.29, 1.82) is 0 Å². The number of amides is 1. The molecule has 1 aromatic heterocycles. The molecule has 35 heavy (non-hydrogen) atoms. The average Bonchev–Trinajstić information content (AvgIpc) is 2.89. The molecule has 1 amide bonds. The zero-order valence-corrected chi connectivity index (χ0v) is 19.7. The van der Waals surface area contributed by atoms with Gasteiger partial charge in [-0.2, -0.15) is 0 Å². The predicted molar refractivity (Wildman–Crippen MR) is 134 cm³/mol. The van der Waals surface area contributed by atoms with Crippen molar-refractivity contribution in [3.63, 3.8) is 0 Å². The molecular weight excluding hydrogens is 466 g/mol. The van der Waals surface area contributed by atoms with Crippen LogP contribution in [-0.2, 0) is 4.79 Å². The fourth-order valence-corrected chi connectivity index (χ4v) is 4.01. The number of nitrogens with one attached hydrogen (secondary N) is 1. The molecule has 0 saturated carbocycles. The van der Waals surface area contributed by atoms with Gasteiger partial charge in [0.1, 0.15) is 17.1 Å². The molecule has 4 aromatic rings. The lowest BCUT2D eigenvalue weighted by Crippen LogP contribution is -2.23. The second-order valence-corrected chi connectivity index (χ2v) is 8.72. The van der Waals surface area contributed by atoms with Crippen molar-refractivity contribution in [2.24, 2.45) is 0 Å². The zero-order chi connectivity index (χ0) is 24.8. The van der Waals surface area contributed by atoms with E-state index >= 15 is 0 Å². The highest BCUT2D eigenvalue weighted by molar-refractivity contribution is 8.00. The molecule has 0 radical (unpaired) electrons. The Morgan fingerprint density at radius 2 is 1.60 bits per heavy atom. The van der Waals surface area contributed by atoms with E-state index in [-0.39, 0.29) is 17.3 Å². The number of nitro groups is 1. The third kappa shape index (κ3) is 5.61. The number of nitro benzene ring substituents is 1. The van der Waals surface area contributed by atoms with Crippen LogP contribution in [0.5, 0.6) is 5.75 Å². The van der Waals surface area contributed by atoms with Crippen molar-refractivity contribution < 1.29 is 14.5 Å². The summed E-state index contributed by atoms with van der Waals surface area (Å²) >= 11 is 1.16. The fraction of sp³-hybridized carbons (Fsp3) is 0.120. The van der Waals surface area contributed by atoms with Gasteiger partial charge in [-0.15, -0.1) is 10.2 Å². The standard InChI is InChI=1S/C25H21N5O4S/c1-16(24(31)26-20-14-13-19(30(32)33)15-21(20)34-2)35-25-27-22(17-9-5-3-6-10-17)23(28-29-25)18-11-7-4-8-12-18/h3-16H,1-2H3,(H,26,31). The van der Waals surface area contributed by atoms with E-state index in [0.29, 0.717) is 22.2 Å². The van der Waals surface area contributed by atoms with Crippen molar-refractivity contribution in [3.05, 3.63) is 89.0 Å². The number of carbonyl (C=O) groups excluding carboxylic acids is 1. The Bertz CT molecular complexity index is 1350. The maximum absolute atomic E-state index is 12.8. The lowest BCUT2D eigenvalue weighted by Gasteiger charge is -2.14. The number of anilines is 1. The van der Waals surface area contributed by atoms with Gasteiger partial charge in [0, 0.05) is 17.2 Å². The van der Waals surface area contributed by atoms with Gasteiger partial charge in [0.15, 0.2) is 0 Å². The largest absolute Gasteiger partial charge is 0.494 e. The number of hydrogen-bond donors (Lipinski definition) is 1. The smallest absolute Gasteiger partial charge is 0.273 e. The van der Waals surface area contributed by atoms with Crippen LogP contribution in [0.3, 0.4) is 0 Å². The topological polar surface area (TPSA) is 120 Å². The van der Waals surface area contributed by atoms with Gasteiger partial charge >= 0.3 is 0 Å². The number of ether oxygens (including phenoxy) is 1. The van der Waals surface area contributed by atoms with E-state index < -0.39 is 10.2 Å². The number of methoxy groups -OCH3 is 1. The van der Waals surface area contributed by atoms with E-state index in [2.05, 4.69) is 15.5 Å². The lowest BCUT2D eigenvalue weighted by molar-refractivity contribution is -0.384. The summed E-state index contributed by atoms with van der Waals surface area (Å²) in [5.74, 6) is -0.139. The van der Waals surface area contributed by atoms with Crippen LogP contribution in [-0.4, -0.2) is 38.4 Å². The van der Waals surface area contributed by atoms with Gasteiger partial charge in [0.25, 0.3) is 5.69 Å². The van der Waals surface area contributed by atoms with Gasteiger partial charge in [-0.05, 0) is 13.0 Å². The first-order valence-electron chi connectivity index (χ1n) is 10.6. The van der Waals surface area contributed by atoms with Gasteiger partial charge in [-0.3, -0.25) is 14.9 Å². The molecule has 1 N–H and O–H groups in total. The van der Waals surface area contributed by atoms with Gasteiger partial charge < -0.3 is 10.1 Å². The maximum atomic E-state index is 12.8. The Balaban J connectivity index is 1.57. The summed E-state index contributed by atoms with van der Waals surface area (Å²) in [6.45, 7) is 1.72. The minimum atomic E-state index is -0.581. The number of aromatic nitrogens is 3. The summed E-state index contributed by atoms with van der Waals surface area (Å²) in [4.78, 5) is 28.0. The number of non-ortho nitro benzene ring substituents is 1. The predicted octanol–water partition coefficient (Wildman–Crippen LogP) is 5.24. The Labute approximate surface area is 205 Å². The molecule has 0 bridgehead atoms. The van der Waals surface area contributed by atoms with E-state index in [1.807, 2.05) is 60.7 Å². The minimum absolute atomic E-state index is 0.131. The van der Waals surface area contributed by atoms with Crippen molar-refractivity contribution in [3.8, 4) is 28.3 Å². The molecule has 176 valence electrons. The third-order valence-corrected chi connectivity index (χ3v) is 6.02. The van der Waals surface area contributed by atoms with Gasteiger partial charge in [0.05, 0.1) is 29.0 Å². The van der Waals surface area contributed by atoms with Crippen LogP contribution < -0.4 is 10.1 Å². The van der Waals surface area contributed by atoms with E-state index in [0.717, 1.165) is 22.9 Å². The van der Waals surface area contributed by atoms with E-state index in [4.69, 9.17) is 9.72 Å². The maximum Gasteiger partial charge on any atom is 0.273 e. The summed E-state index contributed by atoms with van der Waals surface area (Å²) in [7, 11) is 1.38. The molecule has 10 heteroatoms. The van der Waals surface area contributed by atoms with Gasteiger partial charge in [-0.25, -0.2) is 4.98 Å². The van der Waals surface area contributed by atoms with Crippen LogP contribution in [0.4, 0.5) is 11.4 Å². The monoisotopic (exact) mass is 487 g/mol. The highest BCUT2D eigenvalue weighted by atomic mass is 32.2. The molecule has 3 aromatic carbocycles. The molecule has 0 fully saturated rings. The first kappa shape index (κ1) is 23.8. The first-order chi connectivity index (χ1) is 17.0. The summed E-state index contributed by atoms with van der Waals surface area (Å²) in [5.41, 5.74) is 3.29. The number of carbonyl (C=O) groups is 1. The summed E-state index contributed by atoms with van der Waals surface area (Å²) < 4.78 is 5.19. The summed E-state index contributed by atoms with van der Waals surface area (Å²) in [6, 6.07) is 23.3. The van der Waals surface area contributed by atoms with Crippen LogP contribution >= 0.6 is 11.8 Å². The molecule has 1 unspecified atom stereocenters. The minimum Gasteiger partial charge on any atom is -0.494 e. The Morgan fingerprint density at radius 1 is 0.971 bits per heavy atom. The number of nitrogens with zero attached hydrogens (tertiary/aromatic N) is 4. The molecule has 0 aliphatic rings.